The van der Waals surface area contributed by atoms with E-state index in [9.17, 15) is 9.59 Å². The third-order valence-electron chi connectivity index (χ3n) is 1.09. The fourth-order valence-electron chi connectivity index (χ4n) is 0.490. The fraction of sp³-hybridized carbons (Fsp3) is 0.667. The van der Waals surface area contributed by atoms with Crippen molar-refractivity contribution in [3.8, 4) is 0 Å². The van der Waals surface area contributed by atoms with Gasteiger partial charge in [0.25, 0.3) is 0 Å². The highest BCUT2D eigenvalue weighted by molar-refractivity contribution is 5.71. The molecule has 0 radical (unpaired) electrons. The summed E-state index contributed by atoms with van der Waals surface area (Å²) in [6.45, 7) is -0.411. The summed E-state index contributed by atoms with van der Waals surface area (Å²) in [5.41, 5.74) is 4.94. The number of hydrogen-bond donors (Lipinski definition) is 2. The number of carbonyl (C=O) groups is 2. The van der Waals surface area contributed by atoms with E-state index in [0.29, 0.717) is 6.41 Å². The molecule has 0 rings (SSSR count). The molecule has 0 saturated heterocycles. The Hall–Kier alpha value is -1.14. The van der Waals surface area contributed by atoms with Crippen LogP contribution in [0.25, 0.3) is 0 Å². The van der Waals surface area contributed by atoms with Gasteiger partial charge in [-0.1, -0.05) is 0 Å². The summed E-state index contributed by atoms with van der Waals surface area (Å²) in [5, 5.41) is 8.42. The molecular weight excluding hydrogens is 164 g/mol. The number of esters is 1. The van der Waals surface area contributed by atoms with Gasteiger partial charge in [0.1, 0.15) is 0 Å². The van der Waals surface area contributed by atoms with E-state index < -0.39 is 5.97 Å². The molecule has 0 unspecified atom stereocenters. The van der Waals surface area contributed by atoms with Gasteiger partial charge >= 0.3 is 5.97 Å². The van der Waals surface area contributed by atoms with Gasteiger partial charge in [-0.15, -0.1) is 0 Å². The van der Waals surface area contributed by atoms with Gasteiger partial charge in [-0.05, 0) is 0 Å². The normalized spacial score (nSPS) is 9.17. The van der Waals surface area contributed by atoms with E-state index in [1.54, 1.807) is 0 Å². The molecule has 0 saturated carbocycles. The molecule has 0 fully saturated rings. The van der Waals surface area contributed by atoms with Crippen LogP contribution >= 0.6 is 0 Å². The van der Waals surface area contributed by atoms with Crippen molar-refractivity contribution in [3.05, 3.63) is 0 Å². The predicted molar refractivity (Wildman–Crippen MR) is 39.9 cm³/mol. The second-order valence-electron chi connectivity index (χ2n) is 1.99. The van der Waals surface area contributed by atoms with E-state index in [2.05, 4.69) is 4.74 Å². The van der Waals surface area contributed by atoms with Crippen molar-refractivity contribution in [2.24, 2.45) is 5.73 Å². The number of amides is 1. The Labute approximate surface area is 69.9 Å². The van der Waals surface area contributed by atoms with Crippen LogP contribution in [0.15, 0.2) is 0 Å². The molecule has 3 N–H and O–H groups in total. The highest BCUT2D eigenvalue weighted by Gasteiger charge is 2.03. The van der Waals surface area contributed by atoms with Crippen LogP contribution in [0, 0.1) is 0 Å². The lowest BCUT2D eigenvalue weighted by molar-refractivity contribution is -0.148. The van der Waals surface area contributed by atoms with Crippen LogP contribution in [0.3, 0.4) is 0 Å². The van der Waals surface area contributed by atoms with Crippen molar-refractivity contribution in [1.82, 2.24) is 4.90 Å². The number of aliphatic hydroxyl groups excluding tert-OH is 1. The Kier molecular flexibility index (Phi) is 5.94. The van der Waals surface area contributed by atoms with Gasteiger partial charge in [0.2, 0.25) is 6.41 Å². The summed E-state index contributed by atoms with van der Waals surface area (Å²) in [6, 6.07) is 0. The summed E-state index contributed by atoms with van der Waals surface area (Å²) in [6.07, 6.45) is 0.486. The second-order valence-corrected chi connectivity index (χ2v) is 1.99. The number of hydrogen-bond acceptors (Lipinski definition) is 5. The Balaban J connectivity index is 3.57. The van der Waals surface area contributed by atoms with Crippen LogP contribution in [0.2, 0.25) is 0 Å². The zero-order valence-electron chi connectivity index (χ0n) is 6.60. The first-order valence-electron chi connectivity index (χ1n) is 3.40. The highest BCUT2D eigenvalue weighted by Crippen LogP contribution is 1.83. The van der Waals surface area contributed by atoms with E-state index in [4.69, 9.17) is 10.8 Å². The molecule has 0 bridgehead atoms. The summed E-state index contributed by atoms with van der Waals surface area (Å²) < 4.78 is 4.52. The number of nitrogens with zero attached hydrogens (tertiary/aromatic N) is 1. The minimum Gasteiger partial charge on any atom is -0.443 e. The molecule has 70 valence electrons. The monoisotopic (exact) mass is 176 g/mol. The minimum atomic E-state index is -0.584. The molecule has 0 aromatic heterocycles. The van der Waals surface area contributed by atoms with Crippen LogP contribution < -0.4 is 5.73 Å². The van der Waals surface area contributed by atoms with E-state index in [-0.39, 0.29) is 26.4 Å². The Morgan fingerprint density at radius 3 is 2.75 bits per heavy atom. The summed E-state index contributed by atoms with van der Waals surface area (Å²) in [7, 11) is 0. The SMILES string of the molecule is NCC(=O)OCN(C=O)CCO. The van der Waals surface area contributed by atoms with Crippen molar-refractivity contribution in [1.29, 1.82) is 0 Å². The average Bonchev–Trinajstić information content (AvgIpc) is 2.11. The molecule has 6 nitrogen and oxygen atoms in total. The van der Waals surface area contributed by atoms with Gasteiger partial charge in [0, 0.05) is 6.54 Å². The van der Waals surface area contributed by atoms with Crippen LogP contribution in [-0.2, 0) is 14.3 Å². The Bertz CT molecular complexity index is 150. The quantitative estimate of drug-likeness (QED) is 0.274. The third-order valence-corrected chi connectivity index (χ3v) is 1.09. The van der Waals surface area contributed by atoms with Gasteiger partial charge in [0.15, 0.2) is 6.73 Å². The molecule has 0 aliphatic rings. The van der Waals surface area contributed by atoms with Crippen LogP contribution in [0.4, 0.5) is 0 Å². The van der Waals surface area contributed by atoms with Crippen LogP contribution in [0.1, 0.15) is 0 Å². The van der Waals surface area contributed by atoms with Crippen LogP contribution in [-0.4, -0.2) is 48.8 Å². The van der Waals surface area contributed by atoms with Crippen molar-refractivity contribution in [2.45, 2.75) is 0 Å². The molecule has 0 aliphatic heterocycles. The standard InChI is InChI=1S/C6H12N2O4/c7-3-6(11)12-5-8(4-10)1-2-9/h4,9H,1-3,5,7H2. The maximum absolute atomic E-state index is 10.5. The molecule has 0 aromatic carbocycles. The lowest BCUT2D eigenvalue weighted by atomic mass is 10.6. The van der Waals surface area contributed by atoms with Gasteiger partial charge in [-0.2, -0.15) is 0 Å². The number of aliphatic hydroxyl groups is 1. The lowest BCUT2D eigenvalue weighted by Crippen LogP contribution is -2.31. The molecular formula is C6H12N2O4. The molecule has 0 aromatic rings. The fourth-order valence-corrected chi connectivity index (χ4v) is 0.490. The van der Waals surface area contributed by atoms with E-state index in [0.717, 1.165) is 4.90 Å². The average molecular weight is 176 g/mol. The smallest absolute Gasteiger partial charge is 0.321 e. The first-order valence-corrected chi connectivity index (χ1v) is 3.40. The lowest BCUT2D eigenvalue weighted by Gasteiger charge is -2.14. The molecule has 6 heteroatoms. The Morgan fingerprint density at radius 2 is 2.33 bits per heavy atom. The van der Waals surface area contributed by atoms with E-state index in [1.165, 1.54) is 0 Å². The summed E-state index contributed by atoms with van der Waals surface area (Å²) in [4.78, 5) is 21.8. The zero-order chi connectivity index (χ0) is 9.40. The number of nitrogens with two attached hydrogens (primary N) is 1. The summed E-state index contributed by atoms with van der Waals surface area (Å²) in [5.74, 6) is -0.584. The van der Waals surface area contributed by atoms with Gasteiger partial charge in [0.05, 0.1) is 13.2 Å². The third kappa shape index (κ3) is 4.64. The van der Waals surface area contributed by atoms with Crippen LogP contribution in [0.5, 0.6) is 0 Å². The predicted octanol–water partition coefficient (Wildman–Crippen LogP) is -2.10. The minimum absolute atomic E-state index is 0.140. The molecule has 0 spiro atoms. The maximum atomic E-state index is 10.5. The molecule has 1 amide bonds. The second kappa shape index (κ2) is 6.56. The largest absolute Gasteiger partial charge is 0.443 e. The molecule has 0 atom stereocenters. The van der Waals surface area contributed by atoms with Crippen molar-refractivity contribution >= 4 is 12.4 Å². The number of rotatable bonds is 6. The maximum Gasteiger partial charge on any atom is 0.321 e. The Morgan fingerprint density at radius 1 is 1.67 bits per heavy atom. The molecule has 0 heterocycles. The van der Waals surface area contributed by atoms with Gasteiger partial charge < -0.3 is 20.5 Å². The molecule has 0 aliphatic carbocycles. The molecule has 12 heavy (non-hydrogen) atoms. The zero-order valence-corrected chi connectivity index (χ0v) is 6.60. The van der Waals surface area contributed by atoms with Crippen molar-refractivity contribution in [3.63, 3.8) is 0 Å². The topological polar surface area (TPSA) is 92.9 Å². The van der Waals surface area contributed by atoms with E-state index >= 15 is 0 Å². The number of ether oxygens (including phenoxy) is 1. The first-order chi connectivity index (χ1) is 5.74. The van der Waals surface area contributed by atoms with Gasteiger partial charge in [-0.3, -0.25) is 9.59 Å². The highest BCUT2D eigenvalue weighted by atomic mass is 16.5. The summed E-state index contributed by atoms with van der Waals surface area (Å²) >= 11 is 0. The first kappa shape index (κ1) is 10.9. The number of carbonyl (C=O) groups excluding carboxylic acids is 2. The van der Waals surface area contributed by atoms with Crippen molar-refractivity contribution < 1.29 is 19.4 Å². The van der Waals surface area contributed by atoms with Crippen molar-refractivity contribution in [2.75, 3.05) is 26.4 Å². The van der Waals surface area contributed by atoms with E-state index in [1.807, 2.05) is 0 Å². The van der Waals surface area contributed by atoms with Gasteiger partial charge in [-0.25, -0.2) is 0 Å².